The highest BCUT2D eigenvalue weighted by atomic mass is 35.5. The number of hydrogen-bond donors (Lipinski definition) is 0. The number of hydrogen-bond acceptors (Lipinski definition) is 8. The Balaban J connectivity index is 1.42. The lowest BCUT2D eigenvalue weighted by atomic mass is 9.86. The van der Waals surface area contributed by atoms with Crippen LogP contribution in [0.3, 0.4) is 0 Å². The highest BCUT2D eigenvalue weighted by Gasteiger charge is 2.45. The molecule has 14 heteroatoms. The number of fused-ring (bicyclic) bond motifs is 4. The first-order valence-electron chi connectivity index (χ1n) is 13.2. The van der Waals surface area contributed by atoms with Gasteiger partial charge in [0.1, 0.15) is 5.82 Å². The molecule has 0 fully saturated rings. The Morgan fingerprint density at radius 1 is 1.22 bits per heavy atom. The molecular weight excluding hydrogens is 578 g/mol. The number of nitrogens with zero attached hydrogens (tertiary/aromatic N) is 6. The summed E-state index contributed by atoms with van der Waals surface area (Å²) >= 11 is 6.65. The highest BCUT2D eigenvalue weighted by molar-refractivity contribution is 7.90. The van der Waals surface area contributed by atoms with Crippen molar-refractivity contribution >= 4 is 33.2 Å². The van der Waals surface area contributed by atoms with Crippen molar-refractivity contribution in [1.29, 1.82) is 0 Å². The Morgan fingerprint density at radius 2 is 2.00 bits per heavy atom. The second-order valence-electron chi connectivity index (χ2n) is 11.0. The van der Waals surface area contributed by atoms with Crippen molar-refractivity contribution in [2.24, 2.45) is 0 Å². The largest absolute Gasteiger partial charge is 0.365 e. The molecule has 1 aliphatic carbocycles. The van der Waals surface area contributed by atoms with Gasteiger partial charge in [0.05, 0.1) is 35.2 Å². The fraction of sp³-hybridized carbons (Fsp3) is 0.481. The van der Waals surface area contributed by atoms with Crippen LogP contribution in [-0.4, -0.2) is 65.9 Å². The van der Waals surface area contributed by atoms with Gasteiger partial charge in [-0.3, -0.25) is 9.48 Å². The molecule has 41 heavy (non-hydrogen) atoms. The number of carbonyl (C=O) groups is 1. The smallest absolute Gasteiger partial charge is 0.275 e. The van der Waals surface area contributed by atoms with E-state index in [1.165, 1.54) is 17.0 Å². The number of rotatable bonds is 4. The number of halogens is 3. The lowest BCUT2D eigenvalue weighted by molar-refractivity contribution is -0.0731. The number of aromatic nitrogens is 4. The summed E-state index contributed by atoms with van der Waals surface area (Å²) in [4.78, 5) is 24.9. The number of benzene rings is 1. The van der Waals surface area contributed by atoms with Crippen molar-refractivity contribution < 1.29 is 26.7 Å². The van der Waals surface area contributed by atoms with Crippen molar-refractivity contribution in [2.45, 2.75) is 62.6 Å². The third-order valence-electron chi connectivity index (χ3n) is 8.04. The van der Waals surface area contributed by atoms with Gasteiger partial charge in [-0.1, -0.05) is 23.7 Å². The topological polar surface area (TPSA) is 111 Å². The molecule has 10 nitrogen and oxygen atoms in total. The van der Waals surface area contributed by atoms with Gasteiger partial charge in [0.2, 0.25) is 15.0 Å². The average molecular weight is 607 g/mol. The van der Waals surface area contributed by atoms with Gasteiger partial charge < -0.3 is 14.5 Å². The van der Waals surface area contributed by atoms with Crippen molar-refractivity contribution in [3.8, 4) is 0 Å². The van der Waals surface area contributed by atoms with Crippen molar-refractivity contribution in [1.82, 2.24) is 24.6 Å². The zero-order valence-electron chi connectivity index (χ0n) is 22.8. The maximum atomic E-state index is 13.6. The normalized spacial score (nSPS) is 20.1. The summed E-state index contributed by atoms with van der Waals surface area (Å²) in [5.41, 5.74) is 2.63. The molecule has 2 aliphatic heterocycles. The molecule has 218 valence electrons. The first-order chi connectivity index (χ1) is 19.4. The Morgan fingerprint density at radius 3 is 2.71 bits per heavy atom. The molecule has 1 atom stereocenters. The second kappa shape index (κ2) is 9.99. The summed E-state index contributed by atoms with van der Waals surface area (Å²) in [7, 11) is -0.540. The molecule has 1 spiro atoms. The van der Waals surface area contributed by atoms with E-state index < -0.39 is 21.9 Å². The fourth-order valence-electron chi connectivity index (χ4n) is 5.94. The third kappa shape index (κ3) is 4.77. The van der Waals surface area contributed by atoms with Gasteiger partial charge in [0, 0.05) is 51.0 Å². The van der Waals surface area contributed by atoms with Gasteiger partial charge in [-0.15, -0.1) is 0 Å². The Labute approximate surface area is 241 Å². The predicted molar refractivity (Wildman–Crippen MR) is 146 cm³/mol. The first kappa shape index (κ1) is 28.0. The molecule has 0 saturated heterocycles. The van der Waals surface area contributed by atoms with Crippen LogP contribution >= 0.6 is 11.6 Å². The minimum Gasteiger partial charge on any atom is -0.365 e. The van der Waals surface area contributed by atoms with Crippen LogP contribution in [0.2, 0.25) is 5.02 Å². The zero-order chi connectivity index (χ0) is 29.3. The molecule has 0 radical (unpaired) electrons. The maximum absolute atomic E-state index is 13.6. The van der Waals surface area contributed by atoms with Gasteiger partial charge in [0.25, 0.3) is 12.3 Å². The number of ether oxygens (including phenoxy) is 1. The number of sulfone groups is 1. The third-order valence-corrected chi connectivity index (χ3v) is 9.29. The lowest BCUT2D eigenvalue weighted by Crippen LogP contribution is -2.37. The molecule has 0 bridgehead atoms. The van der Waals surface area contributed by atoms with E-state index in [1.54, 1.807) is 24.8 Å². The van der Waals surface area contributed by atoms with E-state index in [0.29, 0.717) is 60.7 Å². The van der Waals surface area contributed by atoms with Gasteiger partial charge in [0.15, 0.2) is 5.69 Å². The Kier molecular flexibility index (Phi) is 6.82. The molecule has 4 heterocycles. The zero-order valence-corrected chi connectivity index (χ0v) is 24.4. The Hall–Kier alpha value is -3.16. The van der Waals surface area contributed by atoms with E-state index in [9.17, 15) is 22.0 Å². The molecule has 2 aromatic heterocycles. The number of aryl methyl sites for hydroxylation is 2. The molecule has 0 saturated carbocycles. The van der Waals surface area contributed by atoms with E-state index in [4.69, 9.17) is 16.3 Å². The maximum Gasteiger partial charge on any atom is 0.275 e. The number of amides is 1. The van der Waals surface area contributed by atoms with Crippen LogP contribution in [0.1, 0.15) is 63.4 Å². The highest BCUT2D eigenvalue weighted by Crippen LogP contribution is 2.48. The van der Waals surface area contributed by atoms with E-state index in [-0.39, 0.29) is 46.9 Å². The van der Waals surface area contributed by atoms with Gasteiger partial charge in [-0.05, 0) is 36.5 Å². The fourth-order valence-corrected chi connectivity index (χ4v) is 6.74. The first-order valence-corrected chi connectivity index (χ1v) is 15.5. The van der Waals surface area contributed by atoms with Crippen LogP contribution < -0.4 is 4.90 Å². The van der Waals surface area contributed by atoms with E-state index in [1.807, 2.05) is 4.90 Å². The van der Waals surface area contributed by atoms with Crippen LogP contribution in [0.5, 0.6) is 0 Å². The summed E-state index contributed by atoms with van der Waals surface area (Å²) in [6, 6.07) is 4.66. The molecule has 3 aromatic rings. The quantitative estimate of drug-likeness (QED) is 0.414. The van der Waals surface area contributed by atoms with Gasteiger partial charge in [-0.25, -0.2) is 27.2 Å². The summed E-state index contributed by atoms with van der Waals surface area (Å²) in [6.45, 7) is 1.36. The summed E-state index contributed by atoms with van der Waals surface area (Å²) in [6.07, 6.45) is 0.546. The van der Waals surface area contributed by atoms with Crippen LogP contribution in [0.4, 0.5) is 14.6 Å². The molecule has 1 aromatic carbocycles. The van der Waals surface area contributed by atoms with Gasteiger partial charge >= 0.3 is 0 Å². The summed E-state index contributed by atoms with van der Waals surface area (Å²) in [5, 5.41) is 4.39. The van der Waals surface area contributed by atoms with Gasteiger partial charge in [-0.2, -0.15) is 5.10 Å². The SMILES string of the molecule is CN(C)C(=O)c1nn2c(c1Cl)CN(c1nc(S(C)(=O)=O)nc3c1COC1(CCc4ccc(C(F)F)cc41)C3)CCC2. The number of carbonyl (C=O) groups excluding carboxylic acids is 1. The molecular formula is C27H29ClF2N6O4S. The standard InChI is InChI=1S/C27H29ClF2N6O4S/c1-34(2)25(37)22-21(28)20-13-35(9-4-10-36(20)33-22)24-17-14-40-27(12-19(17)31-26(32-24)41(3,38)39)8-7-15-5-6-16(23(29)30)11-18(15)27/h5-6,11,23H,4,7-10,12-14H2,1-3H3. The minimum absolute atomic E-state index is 0.0789. The molecule has 0 N–H and O–H groups in total. The molecule has 1 amide bonds. The average Bonchev–Trinajstić information content (AvgIpc) is 3.33. The van der Waals surface area contributed by atoms with Crippen LogP contribution in [0.25, 0.3) is 0 Å². The minimum atomic E-state index is -3.79. The summed E-state index contributed by atoms with van der Waals surface area (Å²) in [5.74, 6) is 0.0995. The predicted octanol–water partition coefficient (Wildman–Crippen LogP) is 3.69. The Bertz CT molecular complexity index is 1680. The van der Waals surface area contributed by atoms with Crippen LogP contribution in [-0.2, 0) is 52.7 Å². The van der Waals surface area contributed by atoms with E-state index >= 15 is 0 Å². The van der Waals surface area contributed by atoms with Crippen molar-refractivity contribution in [3.63, 3.8) is 0 Å². The second-order valence-corrected chi connectivity index (χ2v) is 13.3. The monoisotopic (exact) mass is 606 g/mol. The van der Waals surface area contributed by atoms with Crippen LogP contribution in [0.15, 0.2) is 23.4 Å². The lowest BCUT2D eigenvalue weighted by Gasteiger charge is -2.37. The molecule has 3 aliphatic rings. The van der Waals surface area contributed by atoms with E-state index in [0.717, 1.165) is 11.8 Å². The molecule has 6 rings (SSSR count). The van der Waals surface area contributed by atoms with E-state index in [2.05, 4.69) is 15.1 Å². The number of alkyl halides is 2. The van der Waals surface area contributed by atoms with Crippen molar-refractivity contribution in [3.05, 3.63) is 62.6 Å². The molecule has 1 unspecified atom stereocenters. The summed E-state index contributed by atoms with van der Waals surface area (Å²) < 4.78 is 60.7. The van der Waals surface area contributed by atoms with Crippen molar-refractivity contribution in [2.75, 3.05) is 31.8 Å². The number of anilines is 1. The van der Waals surface area contributed by atoms with Crippen LogP contribution in [0, 0.1) is 0 Å².